The highest BCUT2D eigenvalue weighted by Gasteiger charge is 2.77. The number of carbonyl (C=O) groups is 2. The van der Waals surface area contributed by atoms with Gasteiger partial charge >= 0.3 is 0 Å². The minimum atomic E-state index is -1.32. The Morgan fingerprint density at radius 3 is 2.22 bits per heavy atom. The van der Waals surface area contributed by atoms with Gasteiger partial charge in [-0.1, -0.05) is 45.4 Å². The van der Waals surface area contributed by atoms with Gasteiger partial charge < -0.3 is 20.4 Å². The molecule has 0 amide bonds. The summed E-state index contributed by atoms with van der Waals surface area (Å²) in [6.45, 7) is 11.6. The van der Waals surface area contributed by atoms with Crippen molar-refractivity contribution in [3.05, 3.63) is 23.3 Å². The van der Waals surface area contributed by atoms with Crippen molar-refractivity contribution in [3.8, 4) is 0 Å². The average Bonchev–Trinajstić information content (AvgIpc) is 3.10. The molecule has 0 radical (unpaired) electrons. The second kappa shape index (κ2) is 8.86. The zero-order valence-corrected chi connectivity index (χ0v) is 22.9. The molecule has 4 aliphatic carbocycles. The maximum absolute atomic E-state index is 13.0. The average molecular weight is 503 g/mol. The number of hydrogen-bond donors (Lipinski definition) is 4. The van der Waals surface area contributed by atoms with Gasteiger partial charge in [0, 0.05) is 29.1 Å². The van der Waals surface area contributed by atoms with E-state index in [0.29, 0.717) is 31.3 Å². The molecular weight excluding hydrogens is 456 g/mol. The van der Waals surface area contributed by atoms with Gasteiger partial charge in [-0.05, 0) is 74.7 Å². The fourth-order valence-corrected chi connectivity index (χ4v) is 9.83. The first-order valence-corrected chi connectivity index (χ1v) is 13.7. The van der Waals surface area contributed by atoms with Gasteiger partial charge in [0.1, 0.15) is 12.4 Å². The molecule has 6 heteroatoms. The number of aliphatic hydroxyl groups is 4. The minimum absolute atomic E-state index is 0.0525. The quantitative estimate of drug-likeness (QED) is 0.259. The highest BCUT2D eigenvalue weighted by molar-refractivity contribution is 5.85. The Kier molecular flexibility index (Phi) is 6.81. The summed E-state index contributed by atoms with van der Waals surface area (Å²) in [7, 11) is 0. The third-order valence-corrected chi connectivity index (χ3v) is 11.7. The smallest absolute Gasteiger partial charge is 0.162 e. The molecule has 0 aliphatic heterocycles. The molecule has 9 atom stereocenters. The van der Waals surface area contributed by atoms with Crippen LogP contribution >= 0.6 is 0 Å². The molecule has 0 aromatic carbocycles. The van der Waals surface area contributed by atoms with Crippen LogP contribution in [0, 0.1) is 39.4 Å². The Labute approximate surface area is 215 Å². The number of carbonyl (C=O) groups excluding carboxylic acids is 2. The van der Waals surface area contributed by atoms with Crippen molar-refractivity contribution in [2.75, 3.05) is 6.61 Å². The molecule has 36 heavy (non-hydrogen) atoms. The van der Waals surface area contributed by atoms with Crippen molar-refractivity contribution in [2.45, 2.75) is 104 Å². The van der Waals surface area contributed by atoms with Crippen molar-refractivity contribution < 1.29 is 30.0 Å². The van der Waals surface area contributed by atoms with Crippen LogP contribution in [-0.2, 0) is 9.59 Å². The maximum Gasteiger partial charge on any atom is 0.162 e. The number of rotatable bonds is 5. The van der Waals surface area contributed by atoms with Crippen LogP contribution < -0.4 is 0 Å². The molecule has 0 heterocycles. The van der Waals surface area contributed by atoms with E-state index in [1.165, 1.54) is 0 Å². The Hall–Kier alpha value is -1.34. The van der Waals surface area contributed by atoms with Gasteiger partial charge in [-0.3, -0.25) is 9.59 Å². The van der Waals surface area contributed by atoms with Crippen LogP contribution in [0.3, 0.4) is 0 Å². The molecule has 4 N–H and O–H groups in total. The van der Waals surface area contributed by atoms with E-state index < -0.39 is 39.5 Å². The van der Waals surface area contributed by atoms with Crippen molar-refractivity contribution in [2.24, 2.45) is 39.4 Å². The second-order valence-electron chi connectivity index (χ2n) is 13.7. The molecule has 4 saturated carbocycles. The van der Waals surface area contributed by atoms with Crippen molar-refractivity contribution >= 4 is 12.1 Å². The Morgan fingerprint density at radius 2 is 1.64 bits per heavy atom. The van der Waals surface area contributed by atoms with Gasteiger partial charge in [-0.2, -0.15) is 0 Å². The number of aliphatic hydroxyl groups excluding tert-OH is 3. The van der Waals surface area contributed by atoms with Gasteiger partial charge in [-0.25, -0.2) is 0 Å². The Balaban J connectivity index is 1.81. The molecule has 4 aliphatic rings. The van der Waals surface area contributed by atoms with Gasteiger partial charge in [0.15, 0.2) is 5.78 Å². The van der Waals surface area contributed by atoms with Gasteiger partial charge in [-0.15, -0.1) is 0 Å². The van der Waals surface area contributed by atoms with Crippen molar-refractivity contribution in [1.82, 2.24) is 0 Å². The SMILES string of the molecule is CC(C)=CCC=C(C=O)C1CCC2(C)C3CCC4C(C)(C)C(O)C(=O)CC4(C)C3(O)CC(O)C12CO. The summed E-state index contributed by atoms with van der Waals surface area (Å²) < 4.78 is 0. The largest absolute Gasteiger partial charge is 0.396 e. The third-order valence-electron chi connectivity index (χ3n) is 11.7. The van der Waals surface area contributed by atoms with E-state index in [2.05, 4.69) is 13.0 Å². The van der Waals surface area contributed by atoms with E-state index in [1.54, 1.807) is 0 Å². The zero-order chi connectivity index (χ0) is 26.9. The first-order valence-electron chi connectivity index (χ1n) is 13.7. The van der Waals surface area contributed by atoms with Gasteiger partial charge in [0.25, 0.3) is 0 Å². The number of allylic oxidation sites excluding steroid dienone is 4. The summed E-state index contributed by atoms with van der Waals surface area (Å²) in [5, 5.41) is 46.2. The normalized spacial score (nSPS) is 48.0. The van der Waals surface area contributed by atoms with Crippen LogP contribution in [0.15, 0.2) is 23.3 Å². The van der Waals surface area contributed by atoms with E-state index in [1.807, 2.05) is 40.7 Å². The van der Waals surface area contributed by atoms with Crippen molar-refractivity contribution in [3.63, 3.8) is 0 Å². The Bertz CT molecular complexity index is 978. The van der Waals surface area contributed by atoms with Gasteiger partial charge in [0.2, 0.25) is 0 Å². The molecule has 202 valence electrons. The lowest BCUT2D eigenvalue weighted by Gasteiger charge is -2.71. The van der Waals surface area contributed by atoms with Crippen LogP contribution in [-0.4, -0.2) is 56.9 Å². The fourth-order valence-electron chi connectivity index (χ4n) is 9.83. The highest BCUT2D eigenvalue weighted by Crippen LogP contribution is 2.75. The number of aldehydes is 1. The van der Waals surface area contributed by atoms with Crippen LogP contribution in [0.5, 0.6) is 0 Å². The van der Waals surface area contributed by atoms with Crippen LogP contribution in [0.1, 0.15) is 86.5 Å². The molecule has 6 nitrogen and oxygen atoms in total. The van der Waals surface area contributed by atoms with E-state index in [9.17, 15) is 30.0 Å². The molecule has 0 spiro atoms. The van der Waals surface area contributed by atoms with Crippen molar-refractivity contribution in [1.29, 1.82) is 0 Å². The fraction of sp³-hybridized carbons (Fsp3) is 0.800. The molecule has 4 fully saturated rings. The predicted molar refractivity (Wildman–Crippen MR) is 138 cm³/mol. The number of ketones is 1. The van der Waals surface area contributed by atoms with Crippen LogP contribution in [0.4, 0.5) is 0 Å². The molecule has 0 aromatic rings. The predicted octanol–water partition coefficient (Wildman–Crippen LogP) is 3.75. The first kappa shape index (κ1) is 27.7. The molecule has 0 bridgehead atoms. The number of hydrogen-bond acceptors (Lipinski definition) is 6. The zero-order valence-electron chi connectivity index (χ0n) is 22.9. The summed E-state index contributed by atoms with van der Waals surface area (Å²) >= 11 is 0. The lowest BCUT2D eigenvalue weighted by molar-refractivity contribution is -0.305. The maximum atomic E-state index is 13.0. The summed E-state index contributed by atoms with van der Waals surface area (Å²) in [5.41, 5.74) is -2.59. The van der Waals surface area contributed by atoms with Crippen LogP contribution in [0.2, 0.25) is 0 Å². The number of Topliss-reactive ketones (excluding diaryl/α,β-unsaturated/α-hetero) is 1. The topological polar surface area (TPSA) is 115 Å². The van der Waals surface area contributed by atoms with E-state index in [0.717, 1.165) is 18.3 Å². The first-order chi connectivity index (χ1) is 16.7. The highest BCUT2D eigenvalue weighted by atomic mass is 16.3. The molecular formula is C30H46O6. The molecule has 0 aromatic heterocycles. The van der Waals surface area contributed by atoms with E-state index in [4.69, 9.17) is 0 Å². The third kappa shape index (κ3) is 3.36. The Morgan fingerprint density at radius 1 is 1.00 bits per heavy atom. The summed E-state index contributed by atoms with van der Waals surface area (Å²) in [5.74, 6) is -0.868. The lowest BCUT2D eigenvalue weighted by Crippen LogP contribution is -2.75. The van der Waals surface area contributed by atoms with E-state index >= 15 is 0 Å². The minimum Gasteiger partial charge on any atom is -0.396 e. The summed E-state index contributed by atoms with van der Waals surface area (Å²) in [6.07, 6.45) is 6.29. The van der Waals surface area contributed by atoms with Crippen LogP contribution in [0.25, 0.3) is 0 Å². The summed E-state index contributed by atoms with van der Waals surface area (Å²) in [6, 6.07) is 0. The lowest BCUT2D eigenvalue weighted by atomic mass is 9.35. The standard InChI is InChI=1S/C30H46O6/c1-18(2)8-7-9-19(16-31)20-12-13-27(5)23-11-10-22-26(3,4)25(35)21(33)14-28(22,6)30(23,36)15-24(34)29(20,27)17-32/h8-9,16,20,22-25,32,34-36H,7,10-15,17H2,1-6H3. The molecule has 0 saturated heterocycles. The monoisotopic (exact) mass is 502 g/mol. The summed E-state index contributed by atoms with van der Waals surface area (Å²) in [4.78, 5) is 25.3. The second-order valence-corrected chi connectivity index (χ2v) is 13.7. The van der Waals surface area contributed by atoms with E-state index in [-0.39, 0.29) is 43.0 Å². The molecule has 9 unspecified atom stereocenters. The number of fused-ring (bicyclic) bond motifs is 5. The molecule has 4 rings (SSSR count). The van der Waals surface area contributed by atoms with Gasteiger partial charge in [0.05, 0.1) is 18.3 Å².